The topological polar surface area (TPSA) is 77.2 Å². The predicted octanol–water partition coefficient (Wildman–Crippen LogP) is 3.89. The number of ether oxygens (including phenoxy) is 1. The van der Waals surface area contributed by atoms with Gasteiger partial charge in [-0.05, 0) is 38.1 Å². The van der Waals surface area contributed by atoms with E-state index < -0.39 is 6.10 Å². The van der Waals surface area contributed by atoms with E-state index in [0.717, 1.165) is 15.6 Å². The Bertz CT molecular complexity index is 876. The summed E-state index contributed by atoms with van der Waals surface area (Å²) in [6.45, 7) is 3.84. The summed E-state index contributed by atoms with van der Waals surface area (Å²) in [5.41, 5.74) is 2.02. The first-order valence-corrected chi connectivity index (χ1v) is 8.90. The van der Waals surface area contributed by atoms with Crippen molar-refractivity contribution in [2.75, 3.05) is 0 Å². The summed E-state index contributed by atoms with van der Waals surface area (Å²) in [6, 6.07) is 15.1. The van der Waals surface area contributed by atoms with Gasteiger partial charge in [0.15, 0.2) is 6.10 Å². The highest BCUT2D eigenvalue weighted by Gasteiger charge is 2.16. The van der Waals surface area contributed by atoms with E-state index in [9.17, 15) is 4.79 Å². The molecule has 3 rings (SSSR count). The van der Waals surface area contributed by atoms with Gasteiger partial charge < -0.3 is 14.6 Å². The molecule has 1 atom stereocenters. The van der Waals surface area contributed by atoms with Crippen LogP contribution in [0.1, 0.15) is 18.4 Å². The largest absolute Gasteiger partial charge is 0.481 e. The Kier molecular flexibility index (Phi) is 5.68. The zero-order valence-electron chi connectivity index (χ0n) is 14.4. The van der Waals surface area contributed by atoms with E-state index in [1.807, 2.05) is 43.3 Å². The zero-order valence-corrected chi connectivity index (χ0v) is 16.0. The van der Waals surface area contributed by atoms with Crippen LogP contribution in [0.2, 0.25) is 0 Å². The monoisotopic (exact) mass is 415 g/mol. The molecule has 1 amide bonds. The summed E-state index contributed by atoms with van der Waals surface area (Å²) in [4.78, 5) is 16.5. The molecule has 0 unspecified atom stereocenters. The second-order valence-corrected chi connectivity index (χ2v) is 6.73. The smallest absolute Gasteiger partial charge is 0.261 e. The average molecular weight is 416 g/mol. The van der Waals surface area contributed by atoms with Crippen LogP contribution in [0.3, 0.4) is 0 Å². The molecule has 6 nitrogen and oxygen atoms in total. The molecule has 26 heavy (non-hydrogen) atoms. The molecule has 2 aromatic carbocycles. The zero-order chi connectivity index (χ0) is 18.5. The number of nitrogens with zero attached hydrogens (tertiary/aromatic N) is 2. The van der Waals surface area contributed by atoms with Crippen molar-refractivity contribution in [3.05, 3.63) is 64.5 Å². The number of nitrogens with one attached hydrogen (secondary N) is 1. The highest BCUT2D eigenvalue weighted by molar-refractivity contribution is 9.10. The number of aryl methyl sites for hydroxylation is 1. The van der Waals surface area contributed by atoms with Crippen LogP contribution in [-0.2, 0) is 11.3 Å². The number of carbonyl (C=O) groups is 1. The second-order valence-electron chi connectivity index (χ2n) is 5.81. The lowest BCUT2D eigenvalue weighted by Crippen LogP contribution is -2.35. The molecular weight excluding hydrogens is 398 g/mol. The molecule has 1 N–H and O–H groups in total. The van der Waals surface area contributed by atoms with Crippen LogP contribution < -0.4 is 10.1 Å². The highest BCUT2D eigenvalue weighted by Crippen LogP contribution is 2.18. The van der Waals surface area contributed by atoms with Gasteiger partial charge in [-0.15, -0.1) is 0 Å². The maximum Gasteiger partial charge on any atom is 0.261 e. The van der Waals surface area contributed by atoms with E-state index in [-0.39, 0.29) is 12.5 Å². The Morgan fingerprint density at radius 3 is 2.58 bits per heavy atom. The quantitative estimate of drug-likeness (QED) is 0.660. The van der Waals surface area contributed by atoms with Crippen molar-refractivity contribution in [1.82, 2.24) is 15.5 Å². The van der Waals surface area contributed by atoms with Gasteiger partial charge in [-0.3, -0.25) is 4.79 Å². The predicted molar refractivity (Wildman–Crippen MR) is 101 cm³/mol. The molecular formula is C19H18BrN3O3. The minimum atomic E-state index is -0.643. The van der Waals surface area contributed by atoms with Gasteiger partial charge in [-0.2, -0.15) is 4.98 Å². The van der Waals surface area contributed by atoms with E-state index in [1.54, 1.807) is 19.1 Å². The number of rotatable bonds is 6. The molecule has 134 valence electrons. The van der Waals surface area contributed by atoms with Crippen LogP contribution in [0.25, 0.3) is 11.4 Å². The summed E-state index contributed by atoms with van der Waals surface area (Å²) in [7, 11) is 0. The molecule has 1 aromatic heterocycles. The third-order valence-electron chi connectivity index (χ3n) is 3.69. The molecule has 3 aromatic rings. The lowest BCUT2D eigenvalue weighted by Gasteiger charge is -2.13. The fraction of sp³-hybridized carbons (Fsp3) is 0.211. The van der Waals surface area contributed by atoms with Crippen LogP contribution in [-0.4, -0.2) is 22.2 Å². The lowest BCUT2D eigenvalue weighted by atomic mass is 10.1. The van der Waals surface area contributed by atoms with E-state index in [4.69, 9.17) is 9.26 Å². The number of amides is 1. The van der Waals surface area contributed by atoms with Crippen LogP contribution in [0.5, 0.6) is 5.75 Å². The minimum absolute atomic E-state index is 0.145. The summed E-state index contributed by atoms with van der Waals surface area (Å²) in [5.74, 6) is 1.19. The molecule has 0 saturated carbocycles. The second kappa shape index (κ2) is 8.14. The van der Waals surface area contributed by atoms with Crippen molar-refractivity contribution >= 4 is 21.8 Å². The van der Waals surface area contributed by atoms with E-state index in [0.29, 0.717) is 17.5 Å². The van der Waals surface area contributed by atoms with Gasteiger partial charge in [0.25, 0.3) is 5.91 Å². The van der Waals surface area contributed by atoms with E-state index in [1.165, 1.54) is 0 Å². The van der Waals surface area contributed by atoms with Gasteiger partial charge >= 0.3 is 0 Å². The molecule has 0 aliphatic carbocycles. The van der Waals surface area contributed by atoms with Gasteiger partial charge in [0.05, 0.1) is 6.54 Å². The average Bonchev–Trinajstić information content (AvgIpc) is 3.11. The van der Waals surface area contributed by atoms with Crippen molar-refractivity contribution in [3.8, 4) is 17.1 Å². The van der Waals surface area contributed by atoms with Crippen molar-refractivity contribution in [3.63, 3.8) is 0 Å². The van der Waals surface area contributed by atoms with E-state index >= 15 is 0 Å². The Balaban J connectivity index is 1.54. The Morgan fingerprint density at radius 1 is 1.19 bits per heavy atom. The van der Waals surface area contributed by atoms with Crippen LogP contribution in [0, 0.1) is 6.92 Å². The molecule has 0 aliphatic rings. The molecule has 7 heteroatoms. The standard InChI is InChI=1S/C19H18BrN3O3/c1-12-3-5-14(6-4-12)18-22-17(26-23-18)11-21-19(24)13(2)25-16-9-7-15(20)8-10-16/h3-10,13H,11H2,1-2H3,(H,21,24)/t13-/m1/s1. The fourth-order valence-corrected chi connectivity index (χ4v) is 2.49. The normalized spacial score (nSPS) is 11.8. The van der Waals surface area contributed by atoms with Crippen LogP contribution in [0.4, 0.5) is 0 Å². The third kappa shape index (κ3) is 4.70. The minimum Gasteiger partial charge on any atom is -0.481 e. The first kappa shape index (κ1) is 18.1. The van der Waals surface area contributed by atoms with Crippen molar-refractivity contribution in [2.45, 2.75) is 26.5 Å². The summed E-state index contributed by atoms with van der Waals surface area (Å²) >= 11 is 3.36. The van der Waals surface area contributed by atoms with Crippen molar-refractivity contribution in [1.29, 1.82) is 0 Å². The van der Waals surface area contributed by atoms with Crippen molar-refractivity contribution in [2.24, 2.45) is 0 Å². The summed E-state index contributed by atoms with van der Waals surface area (Å²) < 4.78 is 11.7. The summed E-state index contributed by atoms with van der Waals surface area (Å²) in [6.07, 6.45) is -0.643. The number of carbonyl (C=O) groups excluding carboxylic acids is 1. The summed E-state index contributed by atoms with van der Waals surface area (Å²) in [5, 5.41) is 6.68. The molecule has 0 spiro atoms. The Labute approximate surface area is 159 Å². The maximum absolute atomic E-state index is 12.2. The van der Waals surface area contributed by atoms with Gasteiger partial charge in [-0.25, -0.2) is 0 Å². The number of halogens is 1. The van der Waals surface area contributed by atoms with Gasteiger partial charge in [0.1, 0.15) is 5.75 Å². The highest BCUT2D eigenvalue weighted by atomic mass is 79.9. The number of hydrogen-bond acceptors (Lipinski definition) is 5. The van der Waals surface area contributed by atoms with Gasteiger partial charge in [0, 0.05) is 10.0 Å². The molecule has 0 bridgehead atoms. The Hall–Kier alpha value is -2.67. The first-order chi connectivity index (χ1) is 12.5. The fourth-order valence-electron chi connectivity index (χ4n) is 2.22. The third-order valence-corrected chi connectivity index (χ3v) is 4.22. The number of hydrogen-bond donors (Lipinski definition) is 1. The molecule has 0 saturated heterocycles. The van der Waals surface area contributed by atoms with E-state index in [2.05, 4.69) is 31.4 Å². The Morgan fingerprint density at radius 2 is 1.88 bits per heavy atom. The molecule has 0 radical (unpaired) electrons. The van der Waals surface area contributed by atoms with Gasteiger partial charge in [-0.1, -0.05) is 50.9 Å². The van der Waals surface area contributed by atoms with Gasteiger partial charge in [0.2, 0.25) is 11.7 Å². The van der Waals surface area contributed by atoms with Crippen molar-refractivity contribution < 1.29 is 14.1 Å². The number of benzene rings is 2. The molecule has 0 fully saturated rings. The molecule has 1 heterocycles. The maximum atomic E-state index is 12.2. The lowest BCUT2D eigenvalue weighted by molar-refractivity contribution is -0.127. The SMILES string of the molecule is Cc1ccc(-c2noc(CNC(=O)[C@@H](C)Oc3ccc(Br)cc3)n2)cc1. The van der Waals surface area contributed by atoms with Crippen LogP contribution >= 0.6 is 15.9 Å². The van der Waals surface area contributed by atoms with Crippen LogP contribution in [0.15, 0.2) is 57.5 Å². The number of aromatic nitrogens is 2. The molecule has 0 aliphatic heterocycles. The first-order valence-electron chi connectivity index (χ1n) is 8.11.